The molecular weight excluding hydrogens is 530 g/mol. The van der Waals surface area contributed by atoms with Crippen LogP contribution in [-0.4, -0.2) is 74.6 Å². The highest BCUT2D eigenvalue weighted by Gasteiger charge is 2.63. The molecule has 1 saturated carbocycles. The third kappa shape index (κ3) is 4.33. The molecule has 0 bridgehead atoms. The van der Waals surface area contributed by atoms with Gasteiger partial charge in [-0.1, -0.05) is 26.2 Å². The SMILES string of the molecule is CCCCCCN1CCC[C@H]1c1cc(O)c2c(c1OC)C[C@H]1C[C@H]3[C@H](N)C(=O)C(C(N)=O)=C(O)[C@@]3(O)C(=O)C1=C2O. The number of hydrogen-bond acceptors (Lipinski definition) is 10. The van der Waals surface area contributed by atoms with E-state index in [0.29, 0.717) is 11.3 Å². The van der Waals surface area contributed by atoms with Crippen molar-refractivity contribution in [2.75, 3.05) is 20.2 Å². The Morgan fingerprint density at radius 3 is 2.59 bits per heavy atom. The number of ether oxygens (including phenoxy) is 1. The molecule has 2 fully saturated rings. The van der Waals surface area contributed by atoms with E-state index in [2.05, 4.69) is 11.8 Å². The number of likely N-dealkylation sites (tertiary alicyclic amines) is 1. The van der Waals surface area contributed by atoms with Gasteiger partial charge in [-0.2, -0.15) is 0 Å². The predicted molar refractivity (Wildman–Crippen MR) is 149 cm³/mol. The molecule has 0 unspecified atom stereocenters. The maximum absolute atomic E-state index is 13.8. The molecule has 1 amide bonds. The number of aromatic hydroxyl groups is 1. The molecule has 5 atom stereocenters. The lowest BCUT2D eigenvalue weighted by molar-refractivity contribution is -0.149. The van der Waals surface area contributed by atoms with Gasteiger partial charge in [0.05, 0.1) is 18.7 Å². The highest BCUT2D eigenvalue weighted by Crippen LogP contribution is 2.54. The van der Waals surface area contributed by atoms with Gasteiger partial charge in [-0.3, -0.25) is 19.3 Å². The summed E-state index contributed by atoms with van der Waals surface area (Å²) in [6, 6.07) is 0.118. The topological polar surface area (TPSA) is 197 Å². The number of unbranched alkanes of at least 4 members (excludes halogenated alkanes) is 3. The van der Waals surface area contributed by atoms with Gasteiger partial charge in [0.25, 0.3) is 5.91 Å². The quantitative estimate of drug-likeness (QED) is 0.199. The number of carbonyl (C=O) groups excluding carboxylic acids is 3. The summed E-state index contributed by atoms with van der Waals surface area (Å²) in [7, 11) is 1.53. The zero-order valence-electron chi connectivity index (χ0n) is 23.5. The minimum absolute atomic E-state index is 0.0204. The summed E-state index contributed by atoms with van der Waals surface area (Å²) >= 11 is 0. The third-order valence-electron chi connectivity index (χ3n) is 9.46. The fourth-order valence-electron chi connectivity index (χ4n) is 7.47. The fraction of sp³-hybridized carbons (Fsp3) is 0.567. The highest BCUT2D eigenvalue weighted by atomic mass is 16.5. The number of fused-ring (bicyclic) bond motifs is 3. The normalized spacial score (nSPS) is 29.9. The molecule has 4 aliphatic rings. The third-order valence-corrected chi connectivity index (χ3v) is 9.46. The number of methoxy groups -OCH3 is 1. The van der Waals surface area contributed by atoms with Crippen LogP contribution >= 0.6 is 0 Å². The molecule has 11 nitrogen and oxygen atoms in total. The van der Waals surface area contributed by atoms with E-state index in [9.17, 15) is 34.8 Å². The Bertz CT molecular complexity index is 1370. The lowest BCUT2D eigenvalue weighted by Gasteiger charge is -2.48. The Morgan fingerprint density at radius 1 is 1.20 bits per heavy atom. The Kier molecular flexibility index (Phi) is 7.65. The van der Waals surface area contributed by atoms with Gasteiger partial charge in [-0.05, 0) is 57.2 Å². The summed E-state index contributed by atoms with van der Waals surface area (Å²) < 4.78 is 5.90. The van der Waals surface area contributed by atoms with Gasteiger partial charge in [-0.15, -0.1) is 0 Å². The minimum Gasteiger partial charge on any atom is -0.508 e. The standard InChI is InChI=1S/C30H39N3O8/c1-3-4-5-6-9-33-10-7-8-18(33)15-13-19(34)21-16(26(15)41-2)11-14-12-17-23(31)25(36)22(29(32)39)28(38)30(17,40)27(37)20(14)24(21)35/h13-14,17-18,23,34-35,38,40H,3-12,31H2,1-2H3,(H2,32,39)/t14-,17-,18-,23-,30-/m0/s1. The average Bonchev–Trinajstić information content (AvgIpc) is 3.39. The number of carbonyl (C=O) groups is 3. The van der Waals surface area contributed by atoms with Gasteiger partial charge < -0.3 is 36.6 Å². The number of hydrogen-bond donors (Lipinski definition) is 6. The summed E-state index contributed by atoms with van der Waals surface area (Å²) in [6.07, 6.45) is 6.55. The van der Waals surface area contributed by atoms with Crippen LogP contribution in [0.1, 0.15) is 74.6 Å². The van der Waals surface area contributed by atoms with E-state index >= 15 is 0 Å². The van der Waals surface area contributed by atoms with Crippen molar-refractivity contribution in [2.45, 2.75) is 76.0 Å². The second-order valence-corrected chi connectivity index (χ2v) is 11.7. The average molecular weight is 570 g/mol. The van der Waals surface area contributed by atoms with Crippen molar-refractivity contribution in [2.24, 2.45) is 23.3 Å². The molecule has 5 rings (SSSR count). The van der Waals surface area contributed by atoms with Gasteiger partial charge in [0.1, 0.15) is 28.6 Å². The van der Waals surface area contributed by atoms with Crippen LogP contribution < -0.4 is 16.2 Å². The first-order valence-electron chi connectivity index (χ1n) is 14.4. The molecular formula is C30H39N3O8. The monoisotopic (exact) mass is 569 g/mol. The van der Waals surface area contributed by atoms with Gasteiger partial charge in [0.15, 0.2) is 11.4 Å². The summed E-state index contributed by atoms with van der Waals surface area (Å²) in [5.41, 5.74) is 8.87. The molecule has 11 heteroatoms. The van der Waals surface area contributed by atoms with Crippen LogP contribution in [0.25, 0.3) is 5.76 Å². The lowest BCUT2D eigenvalue weighted by Crippen LogP contribution is -2.65. The number of nitrogens with two attached hydrogens (primary N) is 2. The van der Waals surface area contributed by atoms with E-state index in [1.54, 1.807) is 6.07 Å². The summed E-state index contributed by atoms with van der Waals surface area (Å²) in [4.78, 5) is 40.9. The number of Topliss-reactive ketones (excluding diaryl/α,β-unsaturated/α-hetero) is 2. The minimum atomic E-state index is -2.73. The largest absolute Gasteiger partial charge is 0.508 e. The molecule has 1 heterocycles. The zero-order chi connectivity index (χ0) is 29.8. The van der Waals surface area contributed by atoms with Crippen LogP contribution in [-0.2, 0) is 20.8 Å². The van der Waals surface area contributed by atoms with E-state index in [-0.39, 0.29) is 35.8 Å². The number of ketones is 2. The molecule has 3 aliphatic carbocycles. The number of aliphatic hydroxyl groups excluding tert-OH is 2. The van der Waals surface area contributed by atoms with E-state index in [4.69, 9.17) is 16.2 Å². The van der Waals surface area contributed by atoms with Crippen molar-refractivity contribution in [3.63, 3.8) is 0 Å². The molecule has 41 heavy (non-hydrogen) atoms. The van der Waals surface area contributed by atoms with Crippen LogP contribution in [0.15, 0.2) is 23.0 Å². The molecule has 0 aromatic heterocycles. The molecule has 1 aliphatic heterocycles. The van der Waals surface area contributed by atoms with Crippen LogP contribution in [0.5, 0.6) is 11.5 Å². The molecule has 1 aromatic rings. The van der Waals surface area contributed by atoms with Crippen LogP contribution in [0.4, 0.5) is 0 Å². The number of rotatable bonds is 8. The smallest absolute Gasteiger partial charge is 0.255 e. The molecule has 8 N–H and O–H groups in total. The Morgan fingerprint density at radius 2 is 1.93 bits per heavy atom. The van der Waals surface area contributed by atoms with Crippen molar-refractivity contribution < 1.29 is 39.5 Å². The second kappa shape index (κ2) is 10.8. The van der Waals surface area contributed by atoms with Crippen molar-refractivity contribution >= 4 is 23.2 Å². The van der Waals surface area contributed by atoms with Crippen LogP contribution in [0.3, 0.4) is 0 Å². The Hall–Kier alpha value is -3.41. The second-order valence-electron chi connectivity index (χ2n) is 11.7. The van der Waals surface area contributed by atoms with Crippen molar-refractivity contribution in [1.29, 1.82) is 0 Å². The van der Waals surface area contributed by atoms with Crippen molar-refractivity contribution in [3.05, 3.63) is 39.7 Å². The number of benzene rings is 1. The maximum Gasteiger partial charge on any atom is 0.255 e. The number of amides is 1. The first kappa shape index (κ1) is 29.1. The molecule has 1 saturated heterocycles. The Labute approximate surface area is 238 Å². The lowest BCUT2D eigenvalue weighted by atomic mass is 9.58. The first-order valence-corrected chi connectivity index (χ1v) is 14.4. The van der Waals surface area contributed by atoms with E-state index in [1.165, 1.54) is 13.5 Å². The number of aliphatic hydroxyl groups is 3. The first-order chi connectivity index (χ1) is 19.5. The molecule has 222 valence electrons. The number of phenols is 1. The zero-order valence-corrected chi connectivity index (χ0v) is 23.5. The van der Waals surface area contributed by atoms with Crippen molar-refractivity contribution in [3.8, 4) is 11.5 Å². The maximum atomic E-state index is 13.8. The van der Waals surface area contributed by atoms with Gasteiger partial charge >= 0.3 is 0 Å². The van der Waals surface area contributed by atoms with E-state index < -0.39 is 58.0 Å². The van der Waals surface area contributed by atoms with E-state index in [1.807, 2.05) is 0 Å². The van der Waals surface area contributed by atoms with Crippen LogP contribution in [0, 0.1) is 11.8 Å². The molecule has 0 radical (unpaired) electrons. The summed E-state index contributed by atoms with van der Waals surface area (Å²) in [5.74, 6) is -6.73. The van der Waals surface area contributed by atoms with Crippen molar-refractivity contribution in [1.82, 2.24) is 4.90 Å². The van der Waals surface area contributed by atoms with Crippen LogP contribution in [0.2, 0.25) is 0 Å². The molecule has 1 aromatic carbocycles. The fourth-order valence-corrected chi connectivity index (χ4v) is 7.47. The predicted octanol–water partition coefficient (Wildman–Crippen LogP) is 2.09. The number of phenolic OH excluding ortho intramolecular Hbond substituents is 1. The van der Waals surface area contributed by atoms with Gasteiger partial charge in [0.2, 0.25) is 5.78 Å². The Balaban J connectivity index is 1.59. The number of nitrogens with zero attached hydrogens (tertiary/aromatic N) is 1. The van der Waals surface area contributed by atoms with Gasteiger partial charge in [-0.25, -0.2) is 0 Å². The number of primary amides is 1. The highest BCUT2D eigenvalue weighted by molar-refractivity contribution is 6.24. The van der Waals surface area contributed by atoms with Gasteiger partial charge in [0, 0.05) is 28.7 Å². The van der Waals surface area contributed by atoms with E-state index in [0.717, 1.165) is 50.8 Å². The molecule has 0 spiro atoms. The summed E-state index contributed by atoms with van der Waals surface area (Å²) in [6.45, 7) is 4.03. The summed E-state index contributed by atoms with van der Waals surface area (Å²) in [5, 5.41) is 44.9.